The first-order valence-electron chi connectivity index (χ1n) is 28.9. The second-order valence-electron chi connectivity index (χ2n) is 26.3. The van der Waals surface area contributed by atoms with Crippen molar-refractivity contribution in [1.82, 2.24) is 14.1 Å². The van der Waals surface area contributed by atoms with Gasteiger partial charge in [-0.1, -0.05) is 172 Å². The van der Waals surface area contributed by atoms with Crippen LogP contribution < -0.4 is 9.30 Å². The van der Waals surface area contributed by atoms with Crippen LogP contribution in [0.25, 0.3) is 116 Å². The standard InChI is InChI=1S/C76H64N4O2.Pt/c1-73(2,3)48-33-36-77-70(40-48)80-65-27-15-13-23-54(65)55-31-30-51(42-66(55)80)81-50-20-17-19-49(41-50)78-45-79-71-57(25-18-26-62(71)74(4,5)6)59-44-64-63(75(7,8)34-35-76(64,9)10)43-58(59)52-21-11-12-22-53(52)61-38-47(39-67(78)72(61)79)46-29-32-69-60(37-46)56-24-14-16-28-68(56)82-69;/h11-33,36-40,43-44H,34-35H2,1-10H3;/q-2;. The van der Waals surface area contributed by atoms with Gasteiger partial charge in [0.15, 0.2) is 0 Å². The fourth-order valence-corrected chi connectivity index (χ4v) is 13.4. The van der Waals surface area contributed by atoms with Crippen molar-refractivity contribution < 1.29 is 34.8 Å². The summed E-state index contributed by atoms with van der Waals surface area (Å²) in [6, 6.07) is 71.4. The first kappa shape index (κ1) is 52.7. The van der Waals surface area contributed by atoms with Crippen LogP contribution in [0.1, 0.15) is 104 Å². The Bertz CT molecular complexity index is 4820. The normalized spacial score (nSPS) is 14.4. The number of furan rings is 1. The Labute approximate surface area is 500 Å². The minimum absolute atomic E-state index is 0. The molecule has 6 nitrogen and oxygen atoms in total. The fourth-order valence-electron chi connectivity index (χ4n) is 13.4. The van der Waals surface area contributed by atoms with E-state index in [1.165, 1.54) is 44.5 Å². The predicted molar refractivity (Wildman–Crippen MR) is 335 cm³/mol. The Kier molecular flexibility index (Phi) is 12.0. The molecule has 0 fully saturated rings. The van der Waals surface area contributed by atoms with E-state index < -0.39 is 0 Å². The Morgan fingerprint density at radius 2 is 1.19 bits per heavy atom. The molecule has 13 aromatic rings. The average Bonchev–Trinajstić information content (AvgIpc) is 1.91. The molecule has 1 aliphatic carbocycles. The van der Waals surface area contributed by atoms with Crippen LogP contribution in [0.5, 0.6) is 11.5 Å². The molecule has 5 heterocycles. The van der Waals surface area contributed by atoms with E-state index in [0.29, 0.717) is 11.5 Å². The summed E-state index contributed by atoms with van der Waals surface area (Å²) in [5.74, 6) is 1.98. The Balaban J connectivity index is 0.00000614. The number of para-hydroxylation sites is 3. The van der Waals surface area contributed by atoms with E-state index in [4.69, 9.17) is 14.1 Å². The van der Waals surface area contributed by atoms with Crippen molar-refractivity contribution in [2.24, 2.45) is 0 Å². The zero-order chi connectivity index (χ0) is 56.2. The van der Waals surface area contributed by atoms with E-state index >= 15 is 0 Å². The van der Waals surface area contributed by atoms with Crippen LogP contribution in [0.2, 0.25) is 0 Å². The molecule has 0 bridgehead atoms. The van der Waals surface area contributed by atoms with Crippen LogP contribution in [0.3, 0.4) is 0 Å². The average molecular weight is 1260 g/mol. The molecule has 0 spiro atoms. The molecular weight excluding hydrogens is 1200 g/mol. The zero-order valence-electron chi connectivity index (χ0n) is 48.7. The van der Waals surface area contributed by atoms with E-state index in [1.54, 1.807) is 0 Å². The predicted octanol–water partition coefficient (Wildman–Crippen LogP) is 19.4. The van der Waals surface area contributed by atoms with Crippen molar-refractivity contribution in [1.29, 1.82) is 0 Å². The molecule has 0 saturated heterocycles. The van der Waals surface area contributed by atoms with Gasteiger partial charge >= 0.3 is 0 Å². The van der Waals surface area contributed by atoms with Gasteiger partial charge in [0.1, 0.15) is 17.0 Å². The summed E-state index contributed by atoms with van der Waals surface area (Å²) in [7, 11) is 0. The van der Waals surface area contributed by atoms with Gasteiger partial charge in [-0.15, -0.1) is 29.7 Å². The van der Waals surface area contributed by atoms with Gasteiger partial charge in [-0.3, -0.25) is 4.57 Å². The summed E-state index contributed by atoms with van der Waals surface area (Å²) >= 11 is 0. The van der Waals surface area contributed by atoms with Gasteiger partial charge in [0, 0.05) is 55.1 Å². The number of pyridine rings is 1. The molecule has 0 N–H and O–H groups in total. The molecule has 0 radical (unpaired) electrons. The third-order valence-corrected chi connectivity index (χ3v) is 17.9. The molecule has 4 aromatic heterocycles. The van der Waals surface area contributed by atoms with Crippen molar-refractivity contribution in [3.8, 4) is 73.2 Å². The third kappa shape index (κ3) is 8.45. The quantitative estimate of drug-likeness (QED) is 0.127. The molecule has 412 valence electrons. The van der Waals surface area contributed by atoms with E-state index in [9.17, 15) is 0 Å². The van der Waals surface area contributed by atoms with Gasteiger partial charge in [-0.2, -0.15) is 18.2 Å². The Morgan fingerprint density at radius 3 is 1.95 bits per heavy atom. The van der Waals surface area contributed by atoms with Crippen molar-refractivity contribution >= 4 is 54.8 Å². The van der Waals surface area contributed by atoms with E-state index in [-0.39, 0.29) is 42.7 Å². The molecule has 0 unspecified atom stereocenters. The van der Waals surface area contributed by atoms with Crippen LogP contribution in [-0.2, 0) is 42.7 Å². The molecule has 15 rings (SSSR count). The van der Waals surface area contributed by atoms with Crippen LogP contribution >= 0.6 is 0 Å². The molecule has 7 heteroatoms. The summed E-state index contributed by atoms with van der Waals surface area (Å²) in [5, 5.41) is 4.39. The Morgan fingerprint density at radius 1 is 0.530 bits per heavy atom. The van der Waals surface area contributed by atoms with E-state index in [1.807, 2.05) is 24.4 Å². The largest absolute Gasteiger partial charge is 0.510 e. The van der Waals surface area contributed by atoms with Crippen LogP contribution in [0.4, 0.5) is 0 Å². The number of hydrogen-bond acceptors (Lipinski definition) is 3. The van der Waals surface area contributed by atoms with Crippen molar-refractivity contribution in [2.75, 3.05) is 0 Å². The minimum atomic E-state index is -0.241. The number of nitrogens with zero attached hydrogens (tertiary/aromatic N) is 4. The second-order valence-corrected chi connectivity index (χ2v) is 26.3. The molecule has 0 saturated carbocycles. The van der Waals surface area contributed by atoms with Gasteiger partial charge in [0.05, 0.1) is 16.7 Å². The minimum Gasteiger partial charge on any atom is -0.510 e. The second kappa shape index (κ2) is 18.9. The summed E-state index contributed by atoms with van der Waals surface area (Å²) in [6.07, 6.45) is 8.24. The van der Waals surface area contributed by atoms with E-state index in [2.05, 4.69) is 259 Å². The van der Waals surface area contributed by atoms with Gasteiger partial charge < -0.3 is 18.3 Å². The summed E-state index contributed by atoms with van der Waals surface area (Å²) in [6.45, 7) is 23.5. The molecular formula is C76H64N4O2Pt-2. The topological polar surface area (TPSA) is 49.0 Å². The molecule has 83 heavy (non-hydrogen) atoms. The van der Waals surface area contributed by atoms with Crippen LogP contribution in [-0.4, -0.2) is 14.1 Å². The number of hydrogen-bond donors (Lipinski definition) is 0. The number of ether oxygens (including phenoxy) is 1. The first-order valence-corrected chi connectivity index (χ1v) is 28.9. The maximum Gasteiger partial charge on any atom is 0.268 e. The fraction of sp³-hybridized carbons (Fsp3) is 0.211. The van der Waals surface area contributed by atoms with Crippen molar-refractivity contribution in [3.63, 3.8) is 0 Å². The maximum atomic E-state index is 6.91. The summed E-state index contributed by atoms with van der Waals surface area (Å²) < 4.78 is 20.1. The van der Waals surface area contributed by atoms with Gasteiger partial charge in [0.2, 0.25) is 0 Å². The summed E-state index contributed by atoms with van der Waals surface area (Å²) in [5.41, 5.74) is 22.0. The first-order chi connectivity index (χ1) is 39.4. The monoisotopic (exact) mass is 1260 g/mol. The summed E-state index contributed by atoms with van der Waals surface area (Å²) in [4.78, 5) is 4.93. The number of benzene rings is 9. The number of fused-ring (bicyclic) bond motifs is 14. The Hall–Kier alpha value is -8.31. The number of aromatic nitrogens is 4. The van der Waals surface area contributed by atoms with E-state index in [0.717, 1.165) is 107 Å². The molecule has 0 atom stereocenters. The van der Waals surface area contributed by atoms with Gasteiger partial charge in [-0.05, 0) is 161 Å². The smallest absolute Gasteiger partial charge is 0.268 e. The molecule has 1 aliphatic heterocycles. The SMILES string of the molecule is CC(C)(C)c1ccnc(-n2c3[c-]c(Oc4[c-]c(-n5[c-][n+]6c7c(cc(-c8ccc9oc%10ccccc%10c9c8)cc75)-c5ccccc5-c5cc7c(cc5-c5cccc(C(C)(C)C)c5-6)C(C)(C)CCC7(C)C)ccc4)ccc3c3ccccc32)c1.[Pt]. The third-order valence-electron chi connectivity index (χ3n) is 17.9. The molecule has 0 amide bonds. The van der Waals surface area contributed by atoms with Crippen molar-refractivity contribution in [3.05, 3.63) is 223 Å². The molecule has 2 aliphatic rings. The van der Waals surface area contributed by atoms with Gasteiger partial charge in [0.25, 0.3) is 6.33 Å². The van der Waals surface area contributed by atoms with Crippen LogP contribution in [0.15, 0.2) is 187 Å². The van der Waals surface area contributed by atoms with Crippen molar-refractivity contribution in [2.45, 2.75) is 104 Å². The number of rotatable bonds is 5. The molecule has 9 aromatic carbocycles. The maximum absolute atomic E-state index is 6.91. The van der Waals surface area contributed by atoms with Crippen LogP contribution in [0, 0.1) is 18.5 Å². The number of imidazole rings is 1. The zero-order valence-corrected chi connectivity index (χ0v) is 50.9. The van der Waals surface area contributed by atoms with Gasteiger partial charge in [-0.25, -0.2) is 4.98 Å².